The Bertz CT molecular complexity index is 453. The monoisotopic (exact) mass is 285 g/mol. The maximum Gasteiger partial charge on any atom is 0.161 e. The van der Waals surface area contributed by atoms with Crippen LogP contribution in [-0.2, 0) is 6.42 Å². The van der Waals surface area contributed by atoms with E-state index < -0.39 is 17.5 Å². The lowest BCUT2D eigenvalue weighted by Gasteiger charge is -2.29. The van der Waals surface area contributed by atoms with Gasteiger partial charge >= 0.3 is 0 Å². The molecule has 0 unspecified atom stereocenters. The molecule has 4 heteroatoms. The van der Waals surface area contributed by atoms with Gasteiger partial charge < -0.3 is 5.32 Å². The van der Waals surface area contributed by atoms with E-state index in [2.05, 4.69) is 5.32 Å². The molecule has 0 heterocycles. The van der Waals surface area contributed by atoms with Crippen LogP contribution in [0.3, 0.4) is 0 Å². The van der Waals surface area contributed by atoms with Crippen molar-refractivity contribution in [2.45, 2.75) is 44.9 Å². The number of benzene rings is 1. The molecule has 112 valence electrons. The fourth-order valence-corrected chi connectivity index (χ4v) is 3.30. The lowest BCUT2D eigenvalue weighted by molar-refractivity contribution is 0.246. The average Bonchev–Trinajstić information content (AvgIpc) is 2.88. The molecule has 1 aliphatic carbocycles. The zero-order chi connectivity index (χ0) is 14.6. The summed E-state index contributed by atoms with van der Waals surface area (Å²) < 4.78 is 39.8. The van der Waals surface area contributed by atoms with Crippen LogP contribution in [0, 0.1) is 22.9 Å². The maximum atomic E-state index is 13.7. The highest BCUT2D eigenvalue weighted by Gasteiger charge is 2.32. The van der Waals surface area contributed by atoms with Gasteiger partial charge in [-0.2, -0.15) is 0 Å². The largest absolute Gasteiger partial charge is 0.320 e. The Labute approximate surface area is 118 Å². The van der Waals surface area contributed by atoms with E-state index in [1.807, 2.05) is 7.05 Å². The minimum absolute atomic E-state index is 0.236. The van der Waals surface area contributed by atoms with Gasteiger partial charge in [-0.15, -0.1) is 0 Å². The number of nitrogens with one attached hydrogen (secondary N) is 1. The van der Waals surface area contributed by atoms with E-state index in [0.29, 0.717) is 18.1 Å². The van der Waals surface area contributed by atoms with Crippen LogP contribution in [0.4, 0.5) is 13.2 Å². The molecule has 1 aliphatic rings. The van der Waals surface area contributed by atoms with Gasteiger partial charge in [0.2, 0.25) is 0 Å². The minimum atomic E-state index is -1.11. The first-order valence-electron chi connectivity index (χ1n) is 7.34. The minimum Gasteiger partial charge on any atom is -0.320 e. The van der Waals surface area contributed by atoms with E-state index in [0.717, 1.165) is 38.3 Å². The normalized spacial score (nSPS) is 17.6. The van der Waals surface area contributed by atoms with E-state index in [1.54, 1.807) is 0 Å². The molecule has 1 aromatic rings. The molecular formula is C16H22F3N. The number of hydrogen-bond acceptors (Lipinski definition) is 1. The predicted octanol–water partition coefficient (Wildman–Crippen LogP) is 4.21. The summed E-state index contributed by atoms with van der Waals surface area (Å²) >= 11 is 0. The second-order valence-electron chi connectivity index (χ2n) is 5.92. The lowest BCUT2D eigenvalue weighted by Crippen LogP contribution is -2.23. The van der Waals surface area contributed by atoms with Crippen LogP contribution in [-0.4, -0.2) is 13.6 Å². The second kappa shape index (κ2) is 6.61. The average molecular weight is 285 g/mol. The van der Waals surface area contributed by atoms with Crippen molar-refractivity contribution in [3.63, 3.8) is 0 Å². The van der Waals surface area contributed by atoms with E-state index in [4.69, 9.17) is 0 Å². The van der Waals surface area contributed by atoms with Crippen molar-refractivity contribution in [3.8, 4) is 0 Å². The van der Waals surface area contributed by atoms with Crippen molar-refractivity contribution in [1.82, 2.24) is 5.32 Å². The molecule has 0 saturated heterocycles. The van der Waals surface area contributed by atoms with Crippen molar-refractivity contribution < 1.29 is 13.2 Å². The second-order valence-corrected chi connectivity index (χ2v) is 5.92. The van der Waals surface area contributed by atoms with Crippen molar-refractivity contribution >= 4 is 0 Å². The molecule has 0 atom stereocenters. The predicted molar refractivity (Wildman–Crippen MR) is 74.1 cm³/mol. The van der Waals surface area contributed by atoms with Crippen LogP contribution in [0.2, 0.25) is 0 Å². The van der Waals surface area contributed by atoms with Crippen LogP contribution >= 0.6 is 0 Å². The highest BCUT2D eigenvalue weighted by molar-refractivity contribution is 5.20. The van der Waals surface area contributed by atoms with E-state index in [-0.39, 0.29) is 5.41 Å². The molecule has 1 aromatic carbocycles. The smallest absolute Gasteiger partial charge is 0.161 e. The summed E-state index contributed by atoms with van der Waals surface area (Å²) in [5, 5.41) is 3.16. The SMILES string of the molecule is CNCCC1(CCc2cc(F)c(F)cc2F)CCCC1. The highest BCUT2D eigenvalue weighted by Crippen LogP contribution is 2.44. The van der Waals surface area contributed by atoms with Gasteiger partial charge in [-0.05, 0) is 62.7 Å². The van der Waals surface area contributed by atoms with Gasteiger partial charge in [0.1, 0.15) is 5.82 Å². The first-order valence-corrected chi connectivity index (χ1v) is 7.34. The third-order valence-electron chi connectivity index (χ3n) is 4.58. The first kappa shape index (κ1) is 15.4. The third kappa shape index (κ3) is 3.54. The zero-order valence-electron chi connectivity index (χ0n) is 11.9. The summed E-state index contributed by atoms with van der Waals surface area (Å²) in [6, 6.07) is 1.66. The van der Waals surface area contributed by atoms with Crippen molar-refractivity contribution in [2.75, 3.05) is 13.6 Å². The lowest BCUT2D eigenvalue weighted by atomic mass is 9.77. The molecular weight excluding hydrogens is 263 g/mol. The molecule has 0 spiro atoms. The molecule has 2 rings (SSSR count). The van der Waals surface area contributed by atoms with Crippen LogP contribution in [0.5, 0.6) is 0 Å². The molecule has 0 radical (unpaired) electrons. The van der Waals surface area contributed by atoms with Crippen LogP contribution < -0.4 is 5.32 Å². The molecule has 1 N–H and O–H groups in total. The number of halogens is 3. The molecule has 20 heavy (non-hydrogen) atoms. The van der Waals surface area contributed by atoms with E-state index in [1.165, 1.54) is 12.8 Å². The van der Waals surface area contributed by atoms with Gasteiger partial charge in [-0.3, -0.25) is 0 Å². The third-order valence-corrected chi connectivity index (χ3v) is 4.58. The van der Waals surface area contributed by atoms with Gasteiger partial charge in [0, 0.05) is 6.07 Å². The summed E-state index contributed by atoms with van der Waals surface area (Å²) in [4.78, 5) is 0. The Morgan fingerprint density at radius 3 is 2.30 bits per heavy atom. The molecule has 1 nitrogen and oxygen atoms in total. The van der Waals surface area contributed by atoms with Crippen molar-refractivity contribution in [2.24, 2.45) is 5.41 Å². The Kier molecular flexibility index (Phi) is 5.08. The molecule has 0 aliphatic heterocycles. The number of aryl methyl sites for hydroxylation is 1. The highest BCUT2D eigenvalue weighted by atomic mass is 19.2. The van der Waals surface area contributed by atoms with Gasteiger partial charge in [0.05, 0.1) is 0 Å². The summed E-state index contributed by atoms with van der Waals surface area (Å²) in [6.07, 6.45) is 7.12. The topological polar surface area (TPSA) is 12.0 Å². The quantitative estimate of drug-likeness (QED) is 0.772. The number of hydrogen-bond donors (Lipinski definition) is 1. The number of rotatable bonds is 6. The fraction of sp³-hybridized carbons (Fsp3) is 0.625. The van der Waals surface area contributed by atoms with Gasteiger partial charge in [0.15, 0.2) is 11.6 Å². The standard InChI is InChI=1S/C16H22F3N/c1-20-9-8-16(5-2-3-6-16)7-4-12-10-14(18)15(19)11-13(12)17/h10-11,20H,2-9H2,1H3. The van der Waals surface area contributed by atoms with Crippen LogP contribution in [0.1, 0.15) is 44.1 Å². The summed E-state index contributed by atoms with van der Waals surface area (Å²) in [5.41, 5.74) is 0.528. The Morgan fingerprint density at radius 1 is 1.00 bits per heavy atom. The summed E-state index contributed by atoms with van der Waals surface area (Å²) in [7, 11) is 1.93. The maximum absolute atomic E-state index is 13.7. The van der Waals surface area contributed by atoms with Gasteiger partial charge in [0.25, 0.3) is 0 Å². The van der Waals surface area contributed by atoms with Crippen LogP contribution in [0.15, 0.2) is 12.1 Å². The van der Waals surface area contributed by atoms with Gasteiger partial charge in [-0.25, -0.2) is 13.2 Å². The Balaban J connectivity index is 2.04. The molecule has 0 amide bonds. The summed E-state index contributed by atoms with van der Waals surface area (Å²) in [5.74, 6) is -2.71. The molecule has 0 aromatic heterocycles. The fourth-order valence-electron chi connectivity index (χ4n) is 3.30. The van der Waals surface area contributed by atoms with Crippen LogP contribution in [0.25, 0.3) is 0 Å². The Morgan fingerprint density at radius 2 is 1.65 bits per heavy atom. The molecule has 0 bridgehead atoms. The Hall–Kier alpha value is -1.03. The zero-order valence-corrected chi connectivity index (χ0v) is 11.9. The first-order chi connectivity index (χ1) is 9.56. The van der Waals surface area contributed by atoms with Gasteiger partial charge in [-0.1, -0.05) is 12.8 Å². The molecule has 1 saturated carbocycles. The van der Waals surface area contributed by atoms with Crippen molar-refractivity contribution in [1.29, 1.82) is 0 Å². The van der Waals surface area contributed by atoms with Crippen molar-refractivity contribution in [3.05, 3.63) is 35.1 Å². The molecule has 1 fully saturated rings. The van der Waals surface area contributed by atoms with E-state index >= 15 is 0 Å². The summed E-state index contributed by atoms with van der Waals surface area (Å²) in [6.45, 7) is 0.945. The van der Waals surface area contributed by atoms with E-state index in [9.17, 15) is 13.2 Å².